The standard InChI is InChI=1S/C7H11N3.2C2H2O4/c8-4-6-3-7(10-9-6)5-1-2-5;2*3-1(4)2(5)6/h3,5H,1-2,4,8H2,(H,9,10);2*(H,3,4)(H,5,6). The maximum atomic E-state index is 9.10. The Morgan fingerprint density at radius 2 is 1.45 bits per heavy atom. The van der Waals surface area contributed by atoms with Gasteiger partial charge in [0.05, 0.1) is 5.69 Å². The number of carboxylic acid groups (broad SMARTS) is 4. The Balaban J connectivity index is 0.000000324. The average molecular weight is 317 g/mol. The molecule has 0 atom stereocenters. The number of aromatic nitrogens is 2. The molecule has 11 heteroatoms. The van der Waals surface area contributed by atoms with Gasteiger partial charge in [-0.3, -0.25) is 5.10 Å². The summed E-state index contributed by atoms with van der Waals surface area (Å²) in [6.45, 7) is 0.569. The molecule has 0 saturated heterocycles. The van der Waals surface area contributed by atoms with Crippen molar-refractivity contribution in [3.8, 4) is 0 Å². The first-order valence-electron chi connectivity index (χ1n) is 5.85. The van der Waals surface area contributed by atoms with Crippen molar-refractivity contribution in [1.82, 2.24) is 10.2 Å². The number of nitrogens with two attached hydrogens (primary N) is 1. The fourth-order valence-electron chi connectivity index (χ4n) is 1.07. The molecule has 1 aromatic rings. The Labute approximate surface area is 123 Å². The Morgan fingerprint density at radius 3 is 1.68 bits per heavy atom. The van der Waals surface area contributed by atoms with E-state index >= 15 is 0 Å². The highest BCUT2D eigenvalue weighted by Crippen LogP contribution is 2.38. The second-order valence-corrected chi connectivity index (χ2v) is 4.02. The van der Waals surface area contributed by atoms with E-state index in [-0.39, 0.29) is 0 Å². The number of rotatable bonds is 2. The first-order chi connectivity index (χ1) is 10.2. The molecule has 1 aromatic heterocycles. The van der Waals surface area contributed by atoms with E-state index in [1.54, 1.807) is 0 Å². The smallest absolute Gasteiger partial charge is 0.414 e. The highest BCUT2D eigenvalue weighted by Gasteiger charge is 2.25. The molecule has 1 aliphatic carbocycles. The van der Waals surface area contributed by atoms with Crippen LogP contribution in [0.3, 0.4) is 0 Å². The van der Waals surface area contributed by atoms with E-state index in [2.05, 4.69) is 16.3 Å². The monoisotopic (exact) mass is 317 g/mol. The molecular weight excluding hydrogens is 302 g/mol. The predicted octanol–water partition coefficient (Wildman–Crippen LogP) is -0.943. The third kappa shape index (κ3) is 8.27. The van der Waals surface area contributed by atoms with Gasteiger partial charge in [-0.05, 0) is 18.9 Å². The summed E-state index contributed by atoms with van der Waals surface area (Å²) in [6, 6.07) is 2.07. The second kappa shape index (κ2) is 9.07. The van der Waals surface area contributed by atoms with E-state index < -0.39 is 23.9 Å². The number of aliphatic carboxylic acids is 4. The van der Waals surface area contributed by atoms with E-state index in [0.29, 0.717) is 6.54 Å². The van der Waals surface area contributed by atoms with Crippen molar-refractivity contribution in [2.45, 2.75) is 25.3 Å². The number of carbonyl (C=O) groups is 4. The maximum Gasteiger partial charge on any atom is 0.414 e. The SMILES string of the molecule is NCc1cc(C2CC2)n[nH]1.O=C(O)C(=O)O.O=C(O)C(=O)O. The molecule has 0 bridgehead atoms. The lowest BCUT2D eigenvalue weighted by atomic mass is 10.3. The predicted molar refractivity (Wildman–Crippen MR) is 69.0 cm³/mol. The third-order valence-electron chi connectivity index (χ3n) is 2.23. The van der Waals surface area contributed by atoms with Gasteiger partial charge < -0.3 is 26.2 Å². The van der Waals surface area contributed by atoms with Crippen LogP contribution in [0.15, 0.2) is 6.07 Å². The van der Waals surface area contributed by atoms with Crippen molar-refractivity contribution in [3.05, 3.63) is 17.5 Å². The zero-order valence-electron chi connectivity index (χ0n) is 11.2. The summed E-state index contributed by atoms with van der Waals surface area (Å²) < 4.78 is 0. The summed E-state index contributed by atoms with van der Waals surface area (Å²) in [6.07, 6.45) is 2.60. The lowest BCUT2D eigenvalue weighted by molar-refractivity contribution is -0.159. The van der Waals surface area contributed by atoms with Crippen molar-refractivity contribution < 1.29 is 39.6 Å². The molecule has 0 amide bonds. The molecule has 1 aliphatic rings. The molecule has 0 aliphatic heterocycles. The van der Waals surface area contributed by atoms with Gasteiger partial charge in [0.15, 0.2) is 0 Å². The van der Waals surface area contributed by atoms with Gasteiger partial charge in [0, 0.05) is 18.2 Å². The molecule has 122 valence electrons. The zero-order chi connectivity index (χ0) is 17.3. The number of hydrogen-bond acceptors (Lipinski definition) is 6. The van der Waals surface area contributed by atoms with Crippen LogP contribution in [0.2, 0.25) is 0 Å². The topological polar surface area (TPSA) is 204 Å². The molecule has 0 spiro atoms. The quantitative estimate of drug-likeness (QED) is 0.369. The minimum atomic E-state index is -1.82. The highest BCUT2D eigenvalue weighted by atomic mass is 16.4. The number of H-pyrrole nitrogens is 1. The normalized spacial score (nSPS) is 12.0. The van der Waals surface area contributed by atoms with Gasteiger partial charge in [0.1, 0.15) is 0 Å². The molecule has 2 rings (SSSR count). The molecule has 0 aromatic carbocycles. The average Bonchev–Trinajstić information content (AvgIpc) is 3.18. The van der Waals surface area contributed by atoms with Crippen LogP contribution in [0, 0.1) is 0 Å². The molecule has 1 fully saturated rings. The van der Waals surface area contributed by atoms with Crippen LogP contribution in [-0.2, 0) is 25.7 Å². The Hall–Kier alpha value is -2.95. The summed E-state index contributed by atoms with van der Waals surface area (Å²) in [4.78, 5) is 36.4. The van der Waals surface area contributed by atoms with Gasteiger partial charge in [0.25, 0.3) is 0 Å². The summed E-state index contributed by atoms with van der Waals surface area (Å²) in [5.74, 6) is -6.56. The summed E-state index contributed by atoms with van der Waals surface area (Å²) in [7, 11) is 0. The summed E-state index contributed by atoms with van der Waals surface area (Å²) in [5, 5.41) is 36.6. The molecule has 7 N–H and O–H groups in total. The van der Waals surface area contributed by atoms with Crippen molar-refractivity contribution in [1.29, 1.82) is 0 Å². The van der Waals surface area contributed by atoms with Crippen molar-refractivity contribution >= 4 is 23.9 Å². The Kier molecular flexibility index (Phi) is 7.86. The fourth-order valence-corrected chi connectivity index (χ4v) is 1.07. The number of nitrogens with one attached hydrogen (secondary N) is 1. The lowest BCUT2D eigenvalue weighted by Crippen LogP contribution is -2.09. The zero-order valence-corrected chi connectivity index (χ0v) is 11.2. The Morgan fingerprint density at radius 1 is 1.05 bits per heavy atom. The second-order valence-electron chi connectivity index (χ2n) is 4.02. The maximum absolute atomic E-state index is 9.10. The molecule has 11 nitrogen and oxygen atoms in total. The van der Waals surface area contributed by atoms with Gasteiger partial charge in [0.2, 0.25) is 0 Å². The number of carboxylic acids is 4. The molecule has 1 saturated carbocycles. The first-order valence-corrected chi connectivity index (χ1v) is 5.85. The fraction of sp³-hybridized carbons (Fsp3) is 0.364. The Bertz CT molecular complexity index is 501. The van der Waals surface area contributed by atoms with E-state index in [0.717, 1.165) is 11.6 Å². The largest absolute Gasteiger partial charge is 0.473 e. The summed E-state index contributed by atoms with van der Waals surface area (Å²) >= 11 is 0. The number of hydrogen-bond donors (Lipinski definition) is 6. The molecule has 22 heavy (non-hydrogen) atoms. The molecular formula is C11H15N3O8. The molecule has 0 unspecified atom stereocenters. The van der Waals surface area contributed by atoms with Crippen molar-refractivity contribution in [2.24, 2.45) is 5.73 Å². The van der Waals surface area contributed by atoms with Crippen LogP contribution >= 0.6 is 0 Å². The number of aromatic amines is 1. The van der Waals surface area contributed by atoms with Crippen molar-refractivity contribution in [2.75, 3.05) is 0 Å². The first kappa shape index (κ1) is 19.1. The van der Waals surface area contributed by atoms with Crippen LogP contribution in [-0.4, -0.2) is 54.5 Å². The van der Waals surface area contributed by atoms with Crippen molar-refractivity contribution in [3.63, 3.8) is 0 Å². The third-order valence-corrected chi connectivity index (χ3v) is 2.23. The summed E-state index contributed by atoms with van der Waals surface area (Å²) in [5.41, 5.74) is 7.65. The van der Waals surface area contributed by atoms with Crippen LogP contribution in [0.1, 0.15) is 30.1 Å². The minimum absolute atomic E-state index is 0.569. The van der Waals surface area contributed by atoms with Crippen LogP contribution in [0.25, 0.3) is 0 Å². The van der Waals surface area contributed by atoms with E-state index in [4.69, 9.17) is 45.3 Å². The van der Waals surface area contributed by atoms with Crippen LogP contribution in [0.4, 0.5) is 0 Å². The van der Waals surface area contributed by atoms with Crippen LogP contribution in [0.5, 0.6) is 0 Å². The molecule has 1 heterocycles. The number of nitrogens with zero attached hydrogens (tertiary/aromatic N) is 1. The lowest BCUT2D eigenvalue weighted by Gasteiger charge is -1.82. The van der Waals surface area contributed by atoms with Gasteiger partial charge in [-0.1, -0.05) is 0 Å². The van der Waals surface area contributed by atoms with Gasteiger partial charge >= 0.3 is 23.9 Å². The van der Waals surface area contributed by atoms with E-state index in [1.165, 1.54) is 18.5 Å². The molecule has 0 radical (unpaired) electrons. The van der Waals surface area contributed by atoms with Crippen LogP contribution < -0.4 is 5.73 Å². The van der Waals surface area contributed by atoms with E-state index in [1.807, 2.05) is 0 Å². The van der Waals surface area contributed by atoms with Gasteiger partial charge in [-0.15, -0.1) is 0 Å². The van der Waals surface area contributed by atoms with Gasteiger partial charge in [-0.2, -0.15) is 5.10 Å². The van der Waals surface area contributed by atoms with Gasteiger partial charge in [-0.25, -0.2) is 19.2 Å². The highest BCUT2D eigenvalue weighted by molar-refractivity contribution is 6.27. The van der Waals surface area contributed by atoms with E-state index in [9.17, 15) is 0 Å². The minimum Gasteiger partial charge on any atom is -0.473 e.